The highest BCUT2D eigenvalue weighted by Crippen LogP contribution is 2.42. The molecule has 2 aromatic heterocycles. The van der Waals surface area contributed by atoms with Crippen molar-refractivity contribution in [1.29, 1.82) is 0 Å². The number of hydrogen-bond acceptors (Lipinski definition) is 3. The van der Waals surface area contributed by atoms with Gasteiger partial charge in [0, 0.05) is 28.5 Å². The van der Waals surface area contributed by atoms with Crippen LogP contribution in [0.5, 0.6) is 0 Å². The van der Waals surface area contributed by atoms with E-state index < -0.39 is 18.0 Å². The first-order chi connectivity index (χ1) is 13.4. The predicted molar refractivity (Wildman–Crippen MR) is 104 cm³/mol. The number of aromatic nitrogens is 3. The minimum absolute atomic E-state index is 0.256. The molecule has 144 valence electrons. The lowest BCUT2D eigenvalue weighted by Crippen LogP contribution is -2.46. The van der Waals surface area contributed by atoms with E-state index in [4.69, 9.17) is 11.6 Å². The summed E-state index contributed by atoms with van der Waals surface area (Å²) in [5, 5.41) is 14.7. The highest BCUT2D eigenvalue weighted by Gasteiger charge is 2.37. The molecule has 0 aliphatic carbocycles. The number of carbonyl (C=O) groups is 1. The molecule has 0 radical (unpaired) electrons. The summed E-state index contributed by atoms with van der Waals surface area (Å²) in [7, 11) is 0. The van der Waals surface area contributed by atoms with Crippen molar-refractivity contribution in [2.45, 2.75) is 32.5 Å². The van der Waals surface area contributed by atoms with Crippen LogP contribution in [-0.2, 0) is 6.54 Å². The quantitative estimate of drug-likeness (QED) is 0.667. The lowest BCUT2D eigenvalue weighted by molar-refractivity contribution is 0.0838. The summed E-state index contributed by atoms with van der Waals surface area (Å²) in [5.74, 6) is -0.478. The zero-order chi connectivity index (χ0) is 20.0. The normalized spacial score (nSPS) is 18.8. The van der Waals surface area contributed by atoms with E-state index in [9.17, 15) is 14.3 Å². The number of nitrogens with zero attached hydrogens (tertiary/aromatic N) is 4. The Labute approximate surface area is 166 Å². The van der Waals surface area contributed by atoms with Gasteiger partial charge in [-0.3, -0.25) is 14.6 Å². The Balaban J connectivity index is 2.00. The van der Waals surface area contributed by atoms with Gasteiger partial charge in [0.05, 0.1) is 24.3 Å². The number of halogens is 2. The Morgan fingerprint density at radius 2 is 1.96 bits per heavy atom. The molecule has 0 bridgehead atoms. The molecule has 0 spiro atoms. The van der Waals surface area contributed by atoms with Crippen molar-refractivity contribution < 1.29 is 14.3 Å². The number of fused-ring (bicyclic) bond motifs is 1. The molecule has 4 rings (SSSR count). The molecular formula is C20H18ClFN4O2. The van der Waals surface area contributed by atoms with Crippen molar-refractivity contribution in [2.24, 2.45) is 0 Å². The fraction of sp³-hybridized carbons (Fsp3) is 0.250. The molecule has 1 amide bonds. The van der Waals surface area contributed by atoms with Crippen molar-refractivity contribution in [3.05, 3.63) is 59.3 Å². The lowest BCUT2D eigenvalue weighted by atomic mass is 9.95. The number of pyridine rings is 1. The predicted octanol–water partition coefficient (Wildman–Crippen LogP) is 4.85. The second kappa shape index (κ2) is 6.91. The molecule has 6 nitrogen and oxygen atoms in total. The van der Waals surface area contributed by atoms with Gasteiger partial charge in [-0.15, -0.1) is 0 Å². The van der Waals surface area contributed by atoms with Gasteiger partial charge in [0.25, 0.3) is 0 Å². The summed E-state index contributed by atoms with van der Waals surface area (Å²) in [6.07, 6.45) is 2.30. The smallest absolute Gasteiger partial charge is 0.408 e. The molecule has 1 aliphatic rings. The number of amides is 1. The molecule has 0 saturated carbocycles. The lowest BCUT2D eigenvalue weighted by Gasteiger charge is -2.37. The van der Waals surface area contributed by atoms with Crippen LogP contribution in [-0.4, -0.2) is 36.9 Å². The summed E-state index contributed by atoms with van der Waals surface area (Å²) in [6, 6.07) is 7.38. The highest BCUT2D eigenvalue weighted by atomic mass is 35.5. The number of carboxylic acid groups (broad SMARTS) is 1. The molecular weight excluding hydrogens is 383 g/mol. The summed E-state index contributed by atoms with van der Waals surface area (Å²) in [6.45, 7) is 4.05. The topological polar surface area (TPSA) is 71.2 Å². The first-order valence-electron chi connectivity index (χ1n) is 8.86. The second-order valence-electron chi connectivity index (χ2n) is 6.87. The Morgan fingerprint density at radius 1 is 1.25 bits per heavy atom. The third-order valence-corrected chi connectivity index (χ3v) is 5.33. The second-order valence-corrected chi connectivity index (χ2v) is 7.30. The maximum absolute atomic E-state index is 14.7. The van der Waals surface area contributed by atoms with Gasteiger partial charge in [-0.2, -0.15) is 5.10 Å². The zero-order valence-electron chi connectivity index (χ0n) is 15.3. The fourth-order valence-electron chi connectivity index (χ4n) is 3.92. The molecule has 0 saturated heterocycles. The molecule has 28 heavy (non-hydrogen) atoms. The van der Waals surface area contributed by atoms with E-state index in [1.807, 2.05) is 26.0 Å². The van der Waals surface area contributed by atoms with Crippen LogP contribution >= 0.6 is 11.6 Å². The number of hydrogen-bond donors (Lipinski definition) is 1. The van der Waals surface area contributed by atoms with Gasteiger partial charge in [0.1, 0.15) is 11.5 Å². The third kappa shape index (κ3) is 2.92. The summed E-state index contributed by atoms with van der Waals surface area (Å²) in [5.41, 5.74) is 3.01. The molecule has 1 N–H and O–H groups in total. The van der Waals surface area contributed by atoms with Crippen LogP contribution in [0.15, 0.2) is 42.7 Å². The molecule has 1 aromatic carbocycles. The summed E-state index contributed by atoms with van der Waals surface area (Å²) >= 11 is 5.91. The van der Waals surface area contributed by atoms with Crippen LogP contribution in [0.1, 0.15) is 25.6 Å². The Bertz CT molecular complexity index is 1050. The molecule has 0 fully saturated rings. The standard InChI is InChI=1S/C20H18ClFN4O2/c1-11-10-25-19(12(2)26(11)20(27)28)17(13-5-7-23-8-6-13)18(24-25)15-4-3-14(21)9-16(15)22/h3-9,11-12H,10H2,1-2H3,(H,27,28). The van der Waals surface area contributed by atoms with Gasteiger partial charge in [-0.05, 0) is 49.7 Å². The molecule has 3 heterocycles. The molecule has 2 unspecified atom stereocenters. The van der Waals surface area contributed by atoms with Crippen LogP contribution in [0.3, 0.4) is 0 Å². The van der Waals surface area contributed by atoms with Crippen molar-refractivity contribution in [3.63, 3.8) is 0 Å². The van der Waals surface area contributed by atoms with Gasteiger partial charge in [-0.25, -0.2) is 9.18 Å². The molecule has 3 aromatic rings. The minimum atomic E-state index is -0.993. The summed E-state index contributed by atoms with van der Waals surface area (Å²) in [4.78, 5) is 17.3. The average Bonchev–Trinajstić information content (AvgIpc) is 3.01. The van der Waals surface area contributed by atoms with Crippen LogP contribution in [0.4, 0.5) is 9.18 Å². The number of rotatable bonds is 2. The van der Waals surface area contributed by atoms with Gasteiger partial charge < -0.3 is 5.11 Å². The van der Waals surface area contributed by atoms with Gasteiger partial charge in [0.2, 0.25) is 0 Å². The third-order valence-electron chi connectivity index (χ3n) is 5.09. The van der Waals surface area contributed by atoms with E-state index in [1.165, 1.54) is 11.0 Å². The largest absolute Gasteiger partial charge is 0.465 e. The molecule has 1 aliphatic heterocycles. The van der Waals surface area contributed by atoms with Crippen LogP contribution in [0.2, 0.25) is 5.02 Å². The Kier molecular flexibility index (Phi) is 4.55. The first-order valence-corrected chi connectivity index (χ1v) is 9.24. The van der Waals surface area contributed by atoms with Gasteiger partial charge >= 0.3 is 6.09 Å². The maximum atomic E-state index is 14.7. The zero-order valence-corrected chi connectivity index (χ0v) is 16.1. The van der Waals surface area contributed by atoms with E-state index in [2.05, 4.69) is 10.1 Å². The van der Waals surface area contributed by atoms with Crippen molar-refractivity contribution >= 4 is 17.7 Å². The minimum Gasteiger partial charge on any atom is -0.465 e. The average molecular weight is 401 g/mol. The van der Waals surface area contributed by atoms with E-state index in [0.29, 0.717) is 28.4 Å². The molecule has 8 heteroatoms. The maximum Gasteiger partial charge on any atom is 0.408 e. The van der Waals surface area contributed by atoms with Crippen molar-refractivity contribution in [3.8, 4) is 22.4 Å². The van der Waals surface area contributed by atoms with Crippen LogP contribution < -0.4 is 0 Å². The van der Waals surface area contributed by atoms with Crippen LogP contribution in [0, 0.1) is 5.82 Å². The van der Waals surface area contributed by atoms with E-state index >= 15 is 0 Å². The monoisotopic (exact) mass is 400 g/mol. The van der Waals surface area contributed by atoms with Gasteiger partial charge in [-0.1, -0.05) is 11.6 Å². The molecule has 2 atom stereocenters. The first kappa shape index (κ1) is 18.4. The van der Waals surface area contributed by atoms with E-state index in [1.54, 1.807) is 29.2 Å². The van der Waals surface area contributed by atoms with Crippen molar-refractivity contribution in [1.82, 2.24) is 19.7 Å². The Morgan fingerprint density at radius 3 is 2.61 bits per heavy atom. The van der Waals surface area contributed by atoms with Crippen LogP contribution in [0.25, 0.3) is 22.4 Å². The van der Waals surface area contributed by atoms with E-state index in [0.717, 1.165) is 11.3 Å². The van der Waals surface area contributed by atoms with Gasteiger partial charge in [0.15, 0.2) is 0 Å². The summed E-state index contributed by atoms with van der Waals surface area (Å²) < 4.78 is 16.5. The number of benzene rings is 1. The van der Waals surface area contributed by atoms with Crippen molar-refractivity contribution in [2.75, 3.05) is 0 Å². The highest BCUT2D eigenvalue weighted by molar-refractivity contribution is 6.30. The Hall–Kier alpha value is -2.93. The fourth-order valence-corrected chi connectivity index (χ4v) is 4.08. The SMILES string of the molecule is CC1Cn2nc(-c3ccc(Cl)cc3F)c(-c3ccncc3)c2C(C)N1C(=O)O. The van der Waals surface area contributed by atoms with E-state index in [-0.39, 0.29) is 6.04 Å².